The minimum absolute atomic E-state index is 0.333. The van der Waals surface area contributed by atoms with Crippen molar-refractivity contribution in [2.24, 2.45) is 7.05 Å². The molecule has 0 radical (unpaired) electrons. The van der Waals surface area contributed by atoms with Gasteiger partial charge in [0.15, 0.2) is 0 Å². The zero-order chi connectivity index (χ0) is 14.2. The maximum Gasteiger partial charge on any atom is 0.359 e. The Bertz CT molecular complexity index is 728. The molecule has 6 nitrogen and oxygen atoms in total. The lowest BCUT2D eigenvalue weighted by Crippen LogP contribution is -2.42. The van der Waals surface area contributed by atoms with Crippen LogP contribution in [0.2, 0.25) is 0 Å². The lowest BCUT2D eigenvalue weighted by Gasteiger charge is -2.16. The van der Waals surface area contributed by atoms with Crippen LogP contribution in [0.3, 0.4) is 0 Å². The number of hydrogen-bond acceptors (Lipinski definition) is 4. The van der Waals surface area contributed by atoms with Crippen molar-refractivity contribution in [3.63, 3.8) is 0 Å². The van der Waals surface area contributed by atoms with Crippen molar-refractivity contribution in [3.05, 3.63) is 50.8 Å². The summed E-state index contributed by atoms with van der Waals surface area (Å²) in [5, 5.41) is 0. The zero-order valence-electron chi connectivity index (χ0n) is 11.4. The summed E-state index contributed by atoms with van der Waals surface area (Å²) in [4.78, 5) is 30.0. The van der Waals surface area contributed by atoms with Crippen LogP contribution in [0.25, 0.3) is 5.69 Å². The quantitative estimate of drug-likeness (QED) is 0.779. The largest absolute Gasteiger partial charge is 0.359 e. The van der Waals surface area contributed by atoms with E-state index in [2.05, 4.69) is 4.98 Å². The van der Waals surface area contributed by atoms with Crippen molar-refractivity contribution < 1.29 is 0 Å². The number of aryl methyl sites for hydroxylation is 1. The molecular weight excluding hydrogens is 244 g/mol. The van der Waals surface area contributed by atoms with E-state index >= 15 is 0 Å². The van der Waals surface area contributed by atoms with Gasteiger partial charge in [-0.3, -0.25) is 4.57 Å². The Morgan fingerprint density at radius 2 is 1.79 bits per heavy atom. The minimum Gasteiger partial charge on any atom is -0.348 e. The molecule has 0 N–H and O–H groups in total. The molecule has 0 bridgehead atoms. The lowest BCUT2D eigenvalue weighted by molar-refractivity contribution is 0.682. The second-order valence-electron chi connectivity index (χ2n) is 4.55. The highest BCUT2D eigenvalue weighted by Crippen LogP contribution is 2.09. The zero-order valence-corrected chi connectivity index (χ0v) is 11.4. The average Bonchev–Trinajstić information content (AvgIpc) is 2.36. The van der Waals surface area contributed by atoms with E-state index in [1.165, 1.54) is 4.57 Å². The molecule has 0 spiro atoms. The van der Waals surface area contributed by atoms with Crippen LogP contribution in [0, 0.1) is 6.92 Å². The van der Waals surface area contributed by atoms with E-state index in [0.717, 1.165) is 10.1 Å². The van der Waals surface area contributed by atoms with Crippen molar-refractivity contribution in [1.82, 2.24) is 14.1 Å². The third kappa shape index (κ3) is 2.16. The molecule has 0 fully saturated rings. The van der Waals surface area contributed by atoms with Crippen LogP contribution < -0.4 is 16.3 Å². The number of rotatable bonds is 2. The van der Waals surface area contributed by atoms with Gasteiger partial charge in [0.1, 0.15) is 0 Å². The van der Waals surface area contributed by atoms with Crippen LogP contribution in [-0.4, -0.2) is 28.2 Å². The first-order valence-electron chi connectivity index (χ1n) is 5.87. The lowest BCUT2D eigenvalue weighted by atomic mass is 10.2. The molecule has 0 aliphatic carbocycles. The predicted molar refractivity (Wildman–Crippen MR) is 74.1 cm³/mol. The summed E-state index contributed by atoms with van der Waals surface area (Å²) < 4.78 is 2.44. The molecule has 1 aromatic carbocycles. The Morgan fingerprint density at radius 3 is 2.37 bits per heavy atom. The number of nitrogens with zero attached hydrogens (tertiary/aromatic N) is 4. The van der Waals surface area contributed by atoms with Gasteiger partial charge in [-0.1, -0.05) is 18.2 Å². The first kappa shape index (κ1) is 13.1. The summed E-state index contributed by atoms with van der Waals surface area (Å²) in [6.45, 7) is 1.85. The minimum atomic E-state index is -0.568. The first-order chi connectivity index (χ1) is 8.93. The van der Waals surface area contributed by atoms with Gasteiger partial charge in [0.05, 0.1) is 5.69 Å². The molecule has 2 rings (SSSR count). The molecule has 0 saturated heterocycles. The normalized spacial score (nSPS) is 10.5. The molecule has 0 amide bonds. The summed E-state index contributed by atoms with van der Waals surface area (Å²) in [6, 6.07) is 7.22. The molecule has 2 aromatic rings. The van der Waals surface area contributed by atoms with Crippen LogP contribution in [0.5, 0.6) is 0 Å². The predicted octanol–water partition coefficient (Wildman–Crippen LogP) is 0.306. The molecule has 100 valence electrons. The Balaban J connectivity index is 2.82. The SMILES string of the molecule is Cc1ccccc1-n1c(=O)nc(N(C)C)n(C)c1=O. The third-order valence-electron chi connectivity index (χ3n) is 2.92. The number of anilines is 1. The average molecular weight is 260 g/mol. The van der Waals surface area contributed by atoms with Crippen LogP contribution in [0.15, 0.2) is 33.9 Å². The highest BCUT2D eigenvalue weighted by Gasteiger charge is 2.13. The molecule has 0 unspecified atom stereocenters. The summed E-state index contributed by atoms with van der Waals surface area (Å²) in [7, 11) is 5.07. The second kappa shape index (κ2) is 4.72. The summed E-state index contributed by atoms with van der Waals surface area (Å²) in [5.74, 6) is 0.333. The maximum atomic E-state index is 12.3. The van der Waals surface area contributed by atoms with E-state index in [0.29, 0.717) is 11.6 Å². The van der Waals surface area contributed by atoms with Crippen molar-refractivity contribution in [1.29, 1.82) is 0 Å². The van der Waals surface area contributed by atoms with E-state index in [1.54, 1.807) is 38.2 Å². The van der Waals surface area contributed by atoms with Crippen molar-refractivity contribution in [3.8, 4) is 5.69 Å². The summed E-state index contributed by atoms with van der Waals surface area (Å²) in [5.41, 5.74) is 0.436. The van der Waals surface area contributed by atoms with Crippen molar-refractivity contribution in [2.75, 3.05) is 19.0 Å². The molecule has 0 saturated carbocycles. The Labute approximate surface area is 110 Å². The van der Waals surface area contributed by atoms with Crippen molar-refractivity contribution in [2.45, 2.75) is 6.92 Å². The van der Waals surface area contributed by atoms with Gasteiger partial charge >= 0.3 is 11.4 Å². The number of benzene rings is 1. The molecular formula is C13H16N4O2. The van der Waals surface area contributed by atoms with Gasteiger partial charge in [-0.05, 0) is 18.6 Å². The smallest absolute Gasteiger partial charge is 0.348 e. The van der Waals surface area contributed by atoms with Crippen LogP contribution >= 0.6 is 0 Å². The Morgan fingerprint density at radius 1 is 1.16 bits per heavy atom. The molecule has 6 heteroatoms. The molecule has 0 aliphatic rings. The molecule has 0 atom stereocenters. The first-order valence-corrected chi connectivity index (χ1v) is 5.87. The van der Waals surface area contributed by atoms with Crippen LogP contribution in [0.4, 0.5) is 5.95 Å². The van der Waals surface area contributed by atoms with Gasteiger partial charge in [-0.2, -0.15) is 4.98 Å². The number of aromatic nitrogens is 3. The summed E-state index contributed by atoms with van der Waals surface area (Å²) in [6.07, 6.45) is 0. The topological polar surface area (TPSA) is 60.1 Å². The highest BCUT2D eigenvalue weighted by molar-refractivity contribution is 5.40. The van der Waals surface area contributed by atoms with Gasteiger partial charge in [0, 0.05) is 21.1 Å². The van der Waals surface area contributed by atoms with Crippen LogP contribution in [-0.2, 0) is 7.05 Å². The fourth-order valence-electron chi connectivity index (χ4n) is 1.95. The molecule has 1 heterocycles. The van der Waals surface area contributed by atoms with Gasteiger partial charge in [0.2, 0.25) is 5.95 Å². The molecule has 19 heavy (non-hydrogen) atoms. The number of hydrogen-bond donors (Lipinski definition) is 0. The fraction of sp³-hybridized carbons (Fsp3) is 0.308. The van der Waals surface area contributed by atoms with Gasteiger partial charge in [-0.25, -0.2) is 14.2 Å². The molecule has 1 aromatic heterocycles. The Kier molecular flexibility index (Phi) is 3.25. The van der Waals surface area contributed by atoms with Gasteiger partial charge in [0.25, 0.3) is 0 Å². The molecule has 0 aliphatic heterocycles. The van der Waals surface area contributed by atoms with Crippen molar-refractivity contribution >= 4 is 5.95 Å². The summed E-state index contributed by atoms with van der Waals surface area (Å²) >= 11 is 0. The van der Waals surface area contributed by atoms with Crippen LogP contribution in [0.1, 0.15) is 5.56 Å². The van der Waals surface area contributed by atoms with Gasteiger partial charge < -0.3 is 4.90 Å². The third-order valence-corrected chi connectivity index (χ3v) is 2.92. The van der Waals surface area contributed by atoms with Gasteiger partial charge in [-0.15, -0.1) is 0 Å². The van der Waals surface area contributed by atoms with E-state index in [-0.39, 0.29) is 0 Å². The number of para-hydroxylation sites is 1. The second-order valence-corrected chi connectivity index (χ2v) is 4.55. The van der Waals surface area contributed by atoms with E-state index in [4.69, 9.17) is 0 Å². The van der Waals surface area contributed by atoms with E-state index in [1.807, 2.05) is 19.1 Å². The van der Waals surface area contributed by atoms with E-state index < -0.39 is 11.4 Å². The maximum absolute atomic E-state index is 12.3. The fourth-order valence-corrected chi connectivity index (χ4v) is 1.95. The standard InChI is InChI=1S/C13H16N4O2/c1-9-7-5-6-8-10(9)17-12(18)14-11(15(2)3)16(4)13(17)19/h5-8H,1-4H3. The monoisotopic (exact) mass is 260 g/mol. The highest BCUT2D eigenvalue weighted by atomic mass is 16.2. The van der Waals surface area contributed by atoms with E-state index in [9.17, 15) is 9.59 Å². The Hall–Kier alpha value is -2.37.